The van der Waals surface area contributed by atoms with E-state index in [1.165, 1.54) is 5.56 Å². The lowest BCUT2D eigenvalue weighted by Gasteiger charge is -2.16. The third-order valence-electron chi connectivity index (χ3n) is 2.49. The fourth-order valence-electron chi connectivity index (χ4n) is 1.81. The Morgan fingerprint density at radius 3 is 2.44 bits per heavy atom. The molecular formula is C14H22O2. The fourth-order valence-corrected chi connectivity index (χ4v) is 1.81. The van der Waals surface area contributed by atoms with Gasteiger partial charge < -0.3 is 9.84 Å². The normalized spacial score (nSPS) is 14.9. The maximum Gasteiger partial charge on any atom is 0.119 e. The summed E-state index contributed by atoms with van der Waals surface area (Å²) in [7, 11) is 0. The highest BCUT2D eigenvalue weighted by Gasteiger charge is 2.09. The summed E-state index contributed by atoms with van der Waals surface area (Å²) in [5, 5.41) is 9.37. The summed E-state index contributed by atoms with van der Waals surface area (Å²) >= 11 is 0. The summed E-state index contributed by atoms with van der Waals surface area (Å²) in [6, 6.07) is 8.12. The van der Waals surface area contributed by atoms with Crippen molar-refractivity contribution in [3.8, 4) is 5.75 Å². The van der Waals surface area contributed by atoms with Gasteiger partial charge >= 0.3 is 0 Å². The molecule has 0 aromatic heterocycles. The molecule has 0 aliphatic carbocycles. The van der Waals surface area contributed by atoms with Gasteiger partial charge in [0.15, 0.2) is 0 Å². The molecule has 0 fully saturated rings. The molecule has 0 aliphatic heterocycles. The van der Waals surface area contributed by atoms with Crippen molar-refractivity contribution < 1.29 is 9.84 Å². The van der Waals surface area contributed by atoms with Crippen molar-refractivity contribution in [3.05, 3.63) is 29.8 Å². The summed E-state index contributed by atoms with van der Waals surface area (Å²) < 4.78 is 5.65. The molecule has 1 N–H and O–H groups in total. The van der Waals surface area contributed by atoms with Gasteiger partial charge in [0, 0.05) is 0 Å². The van der Waals surface area contributed by atoms with Crippen molar-refractivity contribution in [2.45, 2.75) is 52.2 Å². The van der Waals surface area contributed by atoms with Crippen LogP contribution in [0, 0.1) is 0 Å². The highest BCUT2D eigenvalue weighted by molar-refractivity contribution is 5.30. The molecule has 1 aromatic carbocycles. The molecule has 0 heterocycles. The fraction of sp³-hybridized carbons (Fsp3) is 0.571. The first-order chi connectivity index (χ1) is 7.49. The number of hydrogen-bond donors (Lipinski definition) is 1. The standard InChI is InChI=1S/C14H22O2/c1-10(2)16-14-7-5-6-13(9-14)11(3)8-12(4)15/h5-7,9-12,15H,8H2,1-4H3. The Hall–Kier alpha value is -1.02. The molecule has 1 aromatic rings. The second kappa shape index (κ2) is 5.90. The largest absolute Gasteiger partial charge is 0.491 e. The smallest absolute Gasteiger partial charge is 0.119 e. The van der Waals surface area contributed by atoms with Gasteiger partial charge in [-0.3, -0.25) is 0 Å². The lowest BCUT2D eigenvalue weighted by Crippen LogP contribution is -2.08. The molecule has 0 saturated heterocycles. The van der Waals surface area contributed by atoms with Crippen molar-refractivity contribution in [2.75, 3.05) is 0 Å². The van der Waals surface area contributed by atoms with Gasteiger partial charge in [0.2, 0.25) is 0 Å². The van der Waals surface area contributed by atoms with Gasteiger partial charge in [-0.2, -0.15) is 0 Å². The van der Waals surface area contributed by atoms with Crippen LogP contribution in [-0.4, -0.2) is 17.3 Å². The number of aliphatic hydroxyl groups is 1. The molecule has 2 atom stereocenters. The highest BCUT2D eigenvalue weighted by atomic mass is 16.5. The van der Waals surface area contributed by atoms with Crippen molar-refractivity contribution >= 4 is 0 Å². The summed E-state index contributed by atoms with van der Waals surface area (Å²) in [5.74, 6) is 1.26. The van der Waals surface area contributed by atoms with E-state index >= 15 is 0 Å². The van der Waals surface area contributed by atoms with Crippen molar-refractivity contribution in [2.24, 2.45) is 0 Å². The van der Waals surface area contributed by atoms with Crippen LogP contribution in [0.2, 0.25) is 0 Å². The van der Waals surface area contributed by atoms with Gasteiger partial charge in [-0.15, -0.1) is 0 Å². The molecule has 16 heavy (non-hydrogen) atoms. The van der Waals surface area contributed by atoms with Gasteiger partial charge in [0.1, 0.15) is 5.75 Å². The maximum absolute atomic E-state index is 9.37. The zero-order valence-electron chi connectivity index (χ0n) is 10.6. The predicted octanol–water partition coefficient (Wildman–Crippen LogP) is 3.35. The zero-order valence-corrected chi connectivity index (χ0v) is 10.6. The number of hydrogen-bond acceptors (Lipinski definition) is 2. The lowest BCUT2D eigenvalue weighted by atomic mass is 9.95. The summed E-state index contributed by atoms with van der Waals surface area (Å²) in [6.45, 7) is 7.99. The molecule has 90 valence electrons. The monoisotopic (exact) mass is 222 g/mol. The Balaban J connectivity index is 2.73. The second-order valence-electron chi connectivity index (χ2n) is 4.72. The van der Waals surface area contributed by atoms with Gasteiger partial charge in [-0.1, -0.05) is 19.1 Å². The van der Waals surface area contributed by atoms with E-state index in [1.807, 2.05) is 32.9 Å². The van der Waals surface area contributed by atoms with Crippen molar-refractivity contribution in [1.82, 2.24) is 0 Å². The molecule has 0 aliphatic rings. The van der Waals surface area contributed by atoms with Crippen LogP contribution in [0.3, 0.4) is 0 Å². The number of aliphatic hydroxyl groups excluding tert-OH is 1. The molecule has 2 heteroatoms. The Labute approximate surface area is 98.3 Å². The van der Waals surface area contributed by atoms with E-state index in [2.05, 4.69) is 19.1 Å². The molecule has 0 bridgehead atoms. The highest BCUT2D eigenvalue weighted by Crippen LogP contribution is 2.24. The first kappa shape index (κ1) is 13.0. The average Bonchev–Trinajstić information content (AvgIpc) is 2.16. The summed E-state index contributed by atoms with van der Waals surface area (Å²) in [4.78, 5) is 0. The van der Waals surface area contributed by atoms with E-state index in [1.54, 1.807) is 0 Å². The number of ether oxygens (including phenoxy) is 1. The SMILES string of the molecule is CC(O)CC(C)c1cccc(OC(C)C)c1. The van der Waals surface area contributed by atoms with E-state index < -0.39 is 0 Å². The third kappa shape index (κ3) is 4.23. The quantitative estimate of drug-likeness (QED) is 0.828. The Morgan fingerprint density at radius 2 is 1.88 bits per heavy atom. The Morgan fingerprint density at radius 1 is 1.19 bits per heavy atom. The zero-order chi connectivity index (χ0) is 12.1. The topological polar surface area (TPSA) is 29.5 Å². The van der Waals surface area contributed by atoms with E-state index in [0.29, 0.717) is 5.92 Å². The maximum atomic E-state index is 9.37. The Bertz CT molecular complexity index is 318. The van der Waals surface area contributed by atoms with Gasteiger partial charge in [-0.05, 0) is 50.8 Å². The van der Waals surface area contributed by atoms with E-state index in [-0.39, 0.29) is 12.2 Å². The third-order valence-corrected chi connectivity index (χ3v) is 2.49. The van der Waals surface area contributed by atoms with Crippen LogP contribution >= 0.6 is 0 Å². The van der Waals surface area contributed by atoms with E-state index in [9.17, 15) is 5.11 Å². The number of rotatable bonds is 5. The molecule has 0 radical (unpaired) electrons. The first-order valence-corrected chi connectivity index (χ1v) is 5.93. The van der Waals surface area contributed by atoms with Crippen LogP contribution in [-0.2, 0) is 0 Å². The molecule has 2 nitrogen and oxygen atoms in total. The van der Waals surface area contributed by atoms with Crippen LogP contribution in [0.1, 0.15) is 45.6 Å². The molecule has 0 spiro atoms. The van der Waals surface area contributed by atoms with Gasteiger partial charge in [-0.25, -0.2) is 0 Å². The lowest BCUT2D eigenvalue weighted by molar-refractivity contribution is 0.176. The molecule has 0 saturated carbocycles. The van der Waals surface area contributed by atoms with Crippen LogP contribution in [0.25, 0.3) is 0 Å². The van der Waals surface area contributed by atoms with Crippen molar-refractivity contribution in [1.29, 1.82) is 0 Å². The Kier molecular flexibility index (Phi) is 4.81. The first-order valence-electron chi connectivity index (χ1n) is 5.93. The number of benzene rings is 1. The van der Waals surface area contributed by atoms with Crippen molar-refractivity contribution in [3.63, 3.8) is 0 Å². The average molecular weight is 222 g/mol. The van der Waals surface area contributed by atoms with Gasteiger partial charge in [0.25, 0.3) is 0 Å². The molecule has 2 unspecified atom stereocenters. The molecule has 1 rings (SSSR count). The minimum Gasteiger partial charge on any atom is -0.491 e. The van der Waals surface area contributed by atoms with Crippen LogP contribution in [0.5, 0.6) is 5.75 Å². The molecular weight excluding hydrogens is 200 g/mol. The minimum absolute atomic E-state index is 0.197. The summed E-state index contributed by atoms with van der Waals surface area (Å²) in [5.41, 5.74) is 1.22. The minimum atomic E-state index is -0.260. The van der Waals surface area contributed by atoms with Gasteiger partial charge in [0.05, 0.1) is 12.2 Å². The molecule has 0 amide bonds. The second-order valence-corrected chi connectivity index (χ2v) is 4.72. The van der Waals surface area contributed by atoms with E-state index in [0.717, 1.165) is 12.2 Å². The van der Waals surface area contributed by atoms with E-state index in [4.69, 9.17) is 4.74 Å². The predicted molar refractivity (Wildman–Crippen MR) is 66.9 cm³/mol. The summed E-state index contributed by atoms with van der Waals surface area (Å²) in [6.07, 6.45) is 0.720. The van der Waals surface area contributed by atoms with Crippen LogP contribution < -0.4 is 4.74 Å². The van der Waals surface area contributed by atoms with Crippen LogP contribution in [0.4, 0.5) is 0 Å². The van der Waals surface area contributed by atoms with Crippen LogP contribution in [0.15, 0.2) is 24.3 Å².